The van der Waals surface area contributed by atoms with Gasteiger partial charge in [-0.3, -0.25) is 0 Å². The monoisotopic (exact) mass is 280 g/mol. The molecule has 0 amide bonds. The summed E-state index contributed by atoms with van der Waals surface area (Å²) >= 11 is 0. The Bertz CT molecular complexity index is 664. The van der Waals surface area contributed by atoms with Gasteiger partial charge in [-0.2, -0.15) is 0 Å². The smallest absolute Gasteiger partial charge is 0.124 e. The summed E-state index contributed by atoms with van der Waals surface area (Å²) < 4.78 is 5.41. The lowest BCUT2D eigenvalue weighted by atomic mass is 9.92. The average molecular weight is 280 g/mol. The van der Waals surface area contributed by atoms with E-state index in [1.54, 1.807) is 7.11 Å². The highest BCUT2D eigenvalue weighted by atomic mass is 16.5. The molecule has 0 aliphatic heterocycles. The molecule has 1 N–H and O–H groups in total. The summed E-state index contributed by atoms with van der Waals surface area (Å²) in [6, 6.07) is 16.5. The molecule has 0 heterocycles. The van der Waals surface area contributed by atoms with Crippen LogP contribution in [-0.4, -0.2) is 12.2 Å². The van der Waals surface area contributed by atoms with Gasteiger partial charge in [0.2, 0.25) is 0 Å². The first-order chi connectivity index (χ1) is 10.3. The number of hydrogen-bond donors (Lipinski definition) is 1. The second kappa shape index (κ2) is 4.88. The molecule has 1 fully saturated rings. The van der Waals surface area contributed by atoms with Crippen molar-refractivity contribution in [1.82, 2.24) is 0 Å². The summed E-state index contributed by atoms with van der Waals surface area (Å²) in [5.74, 6) is 2.28. The van der Waals surface area contributed by atoms with Crippen LogP contribution in [0.25, 0.3) is 0 Å². The number of methoxy groups -OCH3 is 1. The first-order valence-corrected chi connectivity index (χ1v) is 7.70. The van der Waals surface area contributed by atoms with Gasteiger partial charge in [0.15, 0.2) is 0 Å². The van der Waals surface area contributed by atoms with Crippen molar-refractivity contribution in [2.45, 2.75) is 24.9 Å². The van der Waals surface area contributed by atoms with Crippen LogP contribution in [-0.2, 0) is 6.42 Å². The van der Waals surface area contributed by atoms with E-state index >= 15 is 0 Å². The molecule has 21 heavy (non-hydrogen) atoms. The lowest BCUT2D eigenvalue weighted by molar-refractivity contribution is 0.141. The van der Waals surface area contributed by atoms with Crippen LogP contribution < -0.4 is 4.74 Å². The Morgan fingerprint density at radius 3 is 2.71 bits per heavy atom. The minimum Gasteiger partial charge on any atom is -0.496 e. The molecule has 0 radical (unpaired) electrons. The second-order valence-electron chi connectivity index (χ2n) is 6.19. The highest BCUT2D eigenvalue weighted by Gasteiger charge is 2.56. The maximum Gasteiger partial charge on any atom is 0.124 e. The Balaban J connectivity index is 1.65. The first-order valence-electron chi connectivity index (χ1n) is 7.70. The third kappa shape index (κ3) is 1.97. The number of benzene rings is 2. The molecular formula is C19H20O2. The fourth-order valence-electron chi connectivity index (χ4n) is 4.17. The number of para-hydroxylation sites is 1. The van der Waals surface area contributed by atoms with E-state index in [2.05, 4.69) is 24.3 Å². The third-order valence-electron chi connectivity index (χ3n) is 5.21. The molecule has 2 aliphatic carbocycles. The van der Waals surface area contributed by atoms with Crippen molar-refractivity contribution in [3.05, 3.63) is 65.2 Å². The average Bonchev–Trinajstić information content (AvgIpc) is 3.29. The molecule has 4 rings (SSSR count). The van der Waals surface area contributed by atoms with Gasteiger partial charge in [0.05, 0.1) is 13.2 Å². The molecule has 108 valence electrons. The van der Waals surface area contributed by atoms with Gasteiger partial charge < -0.3 is 9.84 Å². The van der Waals surface area contributed by atoms with Gasteiger partial charge in [0.1, 0.15) is 5.75 Å². The van der Waals surface area contributed by atoms with E-state index in [1.807, 2.05) is 24.3 Å². The predicted molar refractivity (Wildman–Crippen MR) is 82.4 cm³/mol. The van der Waals surface area contributed by atoms with Crippen LogP contribution in [0.3, 0.4) is 0 Å². The zero-order valence-electron chi connectivity index (χ0n) is 12.2. The summed E-state index contributed by atoms with van der Waals surface area (Å²) in [7, 11) is 1.67. The van der Waals surface area contributed by atoms with Crippen molar-refractivity contribution >= 4 is 0 Å². The van der Waals surface area contributed by atoms with Crippen LogP contribution in [0, 0.1) is 11.8 Å². The summed E-state index contributed by atoms with van der Waals surface area (Å²) in [6.07, 6.45) is 1.91. The zero-order chi connectivity index (χ0) is 14.4. The minimum atomic E-state index is -0.428. The normalized spacial score (nSPS) is 27.4. The van der Waals surface area contributed by atoms with Gasteiger partial charge in [0, 0.05) is 5.56 Å². The van der Waals surface area contributed by atoms with Crippen LogP contribution in [0.4, 0.5) is 0 Å². The quantitative estimate of drug-likeness (QED) is 0.929. The SMILES string of the molecule is COc1ccccc1C(O)C1C2CCc3ccccc3C21. The number of aliphatic hydroxyl groups excluding tert-OH is 1. The fraction of sp³-hybridized carbons (Fsp3) is 0.368. The summed E-state index contributed by atoms with van der Waals surface area (Å²) in [6.45, 7) is 0. The van der Waals surface area contributed by atoms with Crippen LogP contribution in [0.1, 0.15) is 35.1 Å². The van der Waals surface area contributed by atoms with Gasteiger partial charge >= 0.3 is 0 Å². The largest absolute Gasteiger partial charge is 0.496 e. The highest BCUT2D eigenvalue weighted by Crippen LogP contribution is 2.64. The Kier molecular flexibility index (Phi) is 3.00. The minimum absolute atomic E-state index is 0.338. The van der Waals surface area contributed by atoms with Crippen LogP contribution >= 0.6 is 0 Å². The Morgan fingerprint density at radius 1 is 1.10 bits per heavy atom. The van der Waals surface area contributed by atoms with Crippen LogP contribution in [0.5, 0.6) is 5.75 Å². The van der Waals surface area contributed by atoms with Gasteiger partial charge in [-0.15, -0.1) is 0 Å². The van der Waals surface area contributed by atoms with Gasteiger partial charge in [0.25, 0.3) is 0 Å². The molecule has 0 bridgehead atoms. The summed E-state index contributed by atoms with van der Waals surface area (Å²) in [5.41, 5.74) is 3.85. The van der Waals surface area contributed by atoms with E-state index in [4.69, 9.17) is 4.74 Å². The summed E-state index contributed by atoms with van der Waals surface area (Å²) in [4.78, 5) is 0. The van der Waals surface area contributed by atoms with Gasteiger partial charge in [-0.25, -0.2) is 0 Å². The van der Waals surface area contributed by atoms with Crippen molar-refractivity contribution in [2.24, 2.45) is 11.8 Å². The van der Waals surface area contributed by atoms with Crippen molar-refractivity contribution < 1.29 is 9.84 Å². The number of aliphatic hydroxyl groups is 1. The number of aryl methyl sites for hydroxylation is 1. The molecular weight excluding hydrogens is 260 g/mol. The number of rotatable bonds is 3. The van der Waals surface area contributed by atoms with E-state index in [9.17, 15) is 5.11 Å². The van der Waals surface area contributed by atoms with E-state index in [0.29, 0.717) is 17.8 Å². The number of hydrogen-bond acceptors (Lipinski definition) is 2. The fourth-order valence-corrected chi connectivity index (χ4v) is 4.17. The van der Waals surface area contributed by atoms with Crippen LogP contribution in [0.15, 0.2) is 48.5 Å². The molecule has 2 heteroatoms. The van der Waals surface area contributed by atoms with Crippen molar-refractivity contribution in [2.75, 3.05) is 7.11 Å². The Morgan fingerprint density at radius 2 is 1.86 bits per heavy atom. The molecule has 4 atom stereocenters. The number of ether oxygens (including phenoxy) is 1. The standard InChI is InChI=1S/C19H20O2/c1-21-16-9-5-4-8-14(16)19(20)18-15-11-10-12-6-2-3-7-13(12)17(15)18/h2-9,15,17-20H,10-11H2,1H3. The van der Waals surface area contributed by atoms with Crippen molar-refractivity contribution in [1.29, 1.82) is 0 Å². The summed E-state index contributed by atoms with van der Waals surface area (Å²) in [5, 5.41) is 10.8. The van der Waals surface area contributed by atoms with Crippen molar-refractivity contribution in [3.8, 4) is 5.75 Å². The Hall–Kier alpha value is -1.80. The van der Waals surface area contributed by atoms with Crippen LogP contribution in [0.2, 0.25) is 0 Å². The first kappa shape index (κ1) is 12.9. The van der Waals surface area contributed by atoms with Gasteiger partial charge in [-0.1, -0.05) is 42.5 Å². The maximum absolute atomic E-state index is 10.8. The topological polar surface area (TPSA) is 29.5 Å². The molecule has 0 aromatic heterocycles. The second-order valence-corrected chi connectivity index (χ2v) is 6.19. The maximum atomic E-state index is 10.8. The van der Waals surface area contributed by atoms with E-state index in [0.717, 1.165) is 17.7 Å². The molecule has 1 saturated carbocycles. The molecule has 2 aromatic carbocycles. The van der Waals surface area contributed by atoms with Gasteiger partial charge in [-0.05, 0) is 47.8 Å². The van der Waals surface area contributed by atoms with E-state index in [-0.39, 0.29) is 0 Å². The lowest BCUT2D eigenvalue weighted by Crippen LogP contribution is -2.04. The van der Waals surface area contributed by atoms with E-state index < -0.39 is 6.10 Å². The Labute approximate surface area is 125 Å². The molecule has 0 spiro atoms. The molecule has 0 saturated heterocycles. The lowest BCUT2D eigenvalue weighted by Gasteiger charge is -2.15. The van der Waals surface area contributed by atoms with Crippen molar-refractivity contribution in [3.63, 3.8) is 0 Å². The molecule has 2 aliphatic rings. The zero-order valence-corrected chi connectivity index (χ0v) is 12.2. The molecule has 2 aromatic rings. The molecule has 2 nitrogen and oxygen atoms in total. The highest BCUT2D eigenvalue weighted by molar-refractivity contribution is 5.43. The van der Waals surface area contributed by atoms with E-state index in [1.165, 1.54) is 17.5 Å². The third-order valence-corrected chi connectivity index (χ3v) is 5.21. The number of fused-ring (bicyclic) bond motifs is 3. The predicted octanol–water partition coefficient (Wildman–Crippen LogP) is 3.70. The molecule has 4 unspecified atom stereocenters.